The molecule has 2 aromatic rings. The summed E-state index contributed by atoms with van der Waals surface area (Å²) in [4.78, 5) is 71.4. The quantitative estimate of drug-likeness (QED) is 0.156. The number of nitriles is 1. The average Bonchev–Trinajstić information content (AvgIpc) is 3.09. The molecule has 0 fully saturated rings. The number of aliphatic hydroxyl groups excluding tert-OH is 1. The third kappa shape index (κ3) is 11.4. The lowest BCUT2D eigenvalue weighted by Crippen LogP contribution is -2.56. The Hall–Kier alpha value is -5.24. The number of amides is 5. The number of nitrogens with one attached hydrogen (secondary N) is 4. The molecule has 1 aliphatic heterocycles. The molecule has 0 saturated carbocycles. The molecule has 3 rings (SSSR count). The fourth-order valence-corrected chi connectivity index (χ4v) is 5.47. The van der Waals surface area contributed by atoms with Crippen molar-refractivity contribution in [2.24, 2.45) is 0 Å². The molecular formula is C36H50N8O8. The Bertz CT molecular complexity index is 1640. The van der Waals surface area contributed by atoms with Gasteiger partial charge in [-0.05, 0) is 70.5 Å². The van der Waals surface area contributed by atoms with Crippen LogP contribution in [0.2, 0.25) is 0 Å². The van der Waals surface area contributed by atoms with E-state index in [1.54, 1.807) is 30.3 Å². The largest absolute Gasteiger partial charge is 0.492 e. The van der Waals surface area contributed by atoms with Crippen molar-refractivity contribution >= 4 is 29.5 Å². The second-order valence-corrected chi connectivity index (χ2v) is 13.0. The van der Waals surface area contributed by atoms with E-state index in [9.17, 15) is 29.1 Å². The van der Waals surface area contributed by atoms with E-state index in [1.165, 1.54) is 20.9 Å². The minimum Gasteiger partial charge on any atom is -0.492 e. The Morgan fingerprint density at radius 1 is 0.942 bits per heavy atom. The van der Waals surface area contributed by atoms with Gasteiger partial charge in [-0.3, -0.25) is 24.0 Å². The van der Waals surface area contributed by atoms with Crippen molar-refractivity contribution in [3.63, 3.8) is 0 Å². The fourth-order valence-electron chi connectivity index (χ4n) is 5.47. The van der Waals surface area contributed by atoms with E-state index < -0.39 is 60.3 Å². The van der Waals surface area contributed by atoms with Gasteiger partial charge in [-0.25, -0.2) is 0 Å². The van der Waals surface area contributed by atoms with Crippen molar-refractivity contribution in [1.82, 2.24) is 36.0 Å². The van der Waals surface area contributed by atoms with Crippen LogP contribution in [0, 0.1) is 11.3 Å². The lowest BCUT2D eigenvalue weighted by atomic mass is 9.93. The first kappa shape index (κ1) is 41.2. The second-order valence-electron chi connectivity index (χ2n) is 13.0. The number of nitrogens with zero attached hydrogens (tertiary/aromatic N) is 4. The van der Waals surface area contributed by atoms with Gasteiger partial charge < -0.3 is 50.5 Å². The Balaban J connectivity index is 2.32. The van der Waals surface area contributed by atoms with Crippen LogP contribution in [0.25, 0.3) is 11.1 Å². The third-order valence-electron chi connectivity index (χ3n) is 8.25. The van der Waals surface area contributed by atoms with E-state index >= 15 is 0 Å². The number of hydrogen-bond donors (Lipinski definition) is 5. The summed E-state index contributed by atoms with van der Waals surface area (Å²) in [5, 5.41) is 29.3. The van der Waals surface area contributed by atoms with Crippen LogP contribution in [0.4, 0.5) is 0 Å². The summed E-state index contributed by atoms with van der Waals surface area (Å²) in [6.45, 7) is 3.47. The fraction of sp³-hybridized carbons (Fsp3) is 0.500. The molecule has 16 heteroatoms. The highest BCUT2D eigenvalue weighted by molar-refractivity contribution is 5.96. The number of fused-ring (bicyclic) bond motifs is 5. The maximum atomic E-state index is 14.1. The first-order valence-electron chi connectivity index (χ1n) is 16.9. The summed E-state index contributed by atoms with van der Waals surface area (Å²) >= 11 is 0. The number of hydrogen-bond acceptors (Lipinski definition) is 11. The summed E-state index contributed by atoms with van der Waals surface area (Å²) in [6, 6.07) is 7.24. The average molecular weight is 723 g/mol. The number of carbonyl (C=O) groups is 5. The molecule has 0 saturated heterocycles. The van der Waals surface area contributed by atoms with Crippen molar-refractivity contribution in [2.75, 3.05) is 74.7 Å². The van der Waals surface area contributed by atoms with Crippen LogP contribution < -0.4 is 30.7 Å². The molecule has 1 heterocycles. The van der Waals surface area contributed by atoms with E-state index in [2.05, 4.69) is 21.3 Å². The maximum absolute atomic E-state index is 14.1. The van der Waals surface area contributed by atoms with Gasteiger partial charge in [0.15, 0.2) is 0 Å². The third-order valence-corrected chi connectivity index (χ3v) is 8.25. The first-order valence-corrected chi connectivity index (χ1v) is 16.9. The van der Waals surface area contributed by atoms with Gasteiger partial charge in [-0.2, -0.15) is 5.26 Å². The molecule has 0 radical (unpaired) electrons. The zero-order valence-corrected chi connectivity index (χ0v) is 30.8. The van der Waals surface area contributed by atoms with Gasteiger partial charge in [0.25, 0.3) is 0 Å². The zero-order chi connectivity index (χ0) is 38.5. The van der Waals surface area contributed by atoms with Crippen molar-refractivity contribution in [1.29, 1.82) is 5.26 Å². The highest BCUT2D eigenvalue weighted by Crippen LogP contribution is 2.40. The first-order chi connectivity index (χ1) is 24.7. The zero-order valence-electron chi connectivity index (χ0n) is 30.8. The summed E-state index contributed by atoms with van der Waals surface area (Å²) in [6.07, 6.45) is 0.0384. The Kier molecular flexibility index (Phi) is 15.4. The molecule has 0 aliphatic carbocycles. The van der Waals surface area contributed by atoms with E-state index in [1.807, 2.05) is 50.1 Å². The summed E-state index contributed by atoms with van der Waals surface area (Å²) in [5.41, 5.74) is 2.07. The van der Waals surface area contributed by atoms with Crippen molar-refractivity contribution in [3.8, 4) is 28.7 Å². The topological polar surface area (TPSA) is 206 Å². The van der Waals surface area contributed by atoms with Gasteiger partial charge in [0.1, 0.15) is 55.4 Å². The molecule has 5 N–H and O–H groups in total. The normalized spacial score (nSPS) is 17.9. The van der Waals surface area contributed by atoms with Crippen LogP contribution >= 0.6 is 0 Å². The van der Waals surface area contributed by atoms with Crippen molar-refractivity contribution in [3.05, 3.63) is 47.5 Å². The predicted molar refractivity (Wildman–Crippen MR) is 192 cm³/mol. The monoisotopic (exact) mass is 722 g/mol. The molecule has 4 bridgehead atoms. The number of aliphatic hydroxyl groups is 1. The summed E-state index contributed by atoms with van der Waals surface area (Å²) in [5.74, 6) is -2.41. The molecule has 2 aromatic carbocycles. The molecule has 0 spiro atoms. The SMILES string of the molecule is CC(=O)N[C@@H](CO)C(=O)N(C)[C@@H]1C(=O)N[C@@H](C)C(=O)N[C@H](C(=O)NCC#N)Cc2ccc(OCCN(C)C)c(c2)-c2cc1ccc2OCCN(C)C. The summed E-state index contributed by atoms with van der Waals surface area (Å²) in [7, 11) is 9.02. The van der Waals surface area contributed by atoms with Crippen LogP contribution in [0.1, 0.15) is 31.0 Å². The van der Waals surface area contributed by atoms with Crippen molar-refractivity contribution in [2.45, 2.75) is 44.4 Å². The summed E-state index contributed by atoms with van der Waals surface area (Å²) < 4.78 is 12.5. The van der Waals surface area contributed by atoms with Gasteiger partial charge in [0.2, 0.25) is 29.5 Å². The highest BCUT2D eigenvalue weighted by Gasteiger charge is 2.35. The number of rotatable bonds is 14. The van der Waals surface area contributed by atoms with E-state index in [4.69, 9.17) is 14.7 Å². The van der Waals surface area contributed by atoms with Crippen molar-refractivity contribution < 1.29 is 38.6 Å². The van der Waals surface area contributed by atoms with Crippen LogP contribution in [-0.4, -0.2) is 142 Å². The minimum atomic E-state index is -1.36. The van der Waals surface area contributed by atoms with E-state index in [-0.39, 0.29) is 13.0 Å². The molecule has 0 aromatic heterocycles. The van der Waals surface area contributed by atoms with E-state index in [0.717, 1.165) is 4.90 Å². The standard InChI is InChI=1S/C36H50N8O8/c1-22-33(47)41-28(34(48)38-13-12-37)19-24-8-10-30(51-16-14-42(3)4)26(18-24)27-20-25(9-11-31(27)52-17-15-43(5)6)32(35(49)39-22)44(7)36(50)29(21-45)40-23(2)46/h8-11,18,20,22,28-29,32,45H,13-17,19,21H2,1-7H3,(H,38,48)(H,39,49)(H,40,46)(H,41,47)/t22-,28-,29-,32-/m0/s1. The highest BCUT2D eigenvalue weighted by atomic mass is 16.5. The van der Waals surface area contributed by atoms with Gasteiger partial charge >= 0.3 is 0 Å². The van der Waals surface area contributed by atoms with Crippen LogP contribution in [0.5, 0.6) is 11.5 Å². The Morgan fingerprint density at radius 3 is 2.10 bits per heavy atom. The van der Waals surface area contributed by atoms with Gasteiger partial charge in [-0.15, -0.1) is 0 Å². The predicted octanol–water partition coefficient (Wildman–Crippen LogP) is -0.584. The molecule has 1 aliphatic rings. The molecule has 0 unspecified atom stereocenters. The van der Waals surface area contributed by atoms with Gasteiger partial charge in [0.05, 0.1) is 12.7 Å². The molecule has 5 amide bonds. The maximum Gasteiger partial charge on any atom is 0.248 e. The van der Waals surface area contributed by atoms with Crippen LogP contribution in [-0.2, 0) is 30.4 Å². The lowest BCUT2D eigenvalue weighted by molar-refractivity contribution is -0.143. The number of carbonyl (C=O) groups excluding carboxylic acids is 5. The van der Waals surface area contributed by atoms with E-state index in [0.29, 0.717) is 60.1 Å². The second kappa shape index (κ2) is 19.4. The Morgan fingerprint density at radius 2 is 1.54 bits per heavy atom. The van der Waals surface area contributed by atoms with Gasteiger partial charge in [-0.1, -0.05) is 12.1 Å². The Labute approximate surface area is 304 Å². The number of likely N-dealkylation sites (N-methyl/N-ethyl adjacent to an activating group) is 3. The molecule has 16 nitrogen and oxygen atoms in total. The van der Waals surface area contributed by atoms with Crippen LogP contribution in [0.15, 0.2) is 36.4 Å². The molecule has 4 atom stereocenters. The number of benzene rings is 2. The molecule has 52 heavy (non-hydrogen) atoms. The minimum absolute atomic E-state index is 0.0384. The number of ether oxygens (including phenoxy) is 2. The van der Waals surface area contributed by atoms with Gasteiger partial charge in [0, 0.05) is 44.6 Å². The smallest absolute Gasteiger partial charge is 0.248 e. The molecule has 282 valence electrons. The lowest BCUT2D eigenvalue weighted by Gasteiger charge is -2.32. The molecular weight excluding hydrogens is 672 g/mol. The van der Waals surface area contributed by atoms with Crippen LogP contribution in [0.3, 0.4) is 0 Å².